The number of benzene rings is 3. The van der Waals surface area contributed by atoms with E-state index in [1.807, 2.05) is 30.3 Å². The largest absolute Gasteiger partial charge is 0.507 e. The molecule has 3 aromatic carbocycles. The minimum Gasteiger partial charge on any atom is -0.507 e. The van der Waals surface area contributed by atoms with E-state index in [0.717, 1.165) is 29.5 Å². The van der Waals surface area contributed by atoms with Crippen molar-refractivity contribution in [3.8, 4) is 22.6 Å². The van der Waals surface area contributed by atoms with Crippen molar-refractivity contribution in [2.45, 2.75) is 26.4 Å². The van der Waals surface area contributed by atoms with Crippen LogP contribution in [-0.4, -0.2) is 22.0 Å². The van der Waals surface area contributed by atoms with Gasteiger partial charge in [-0.25, -0.2) is 4.79 Å². The van der Waals surface area contributed by atoms with E-state index in [-0.39, 0.29) is 29.6 Å². The molecule has 4 rings (SSSR count). The van der Waals surface area contributed by atoms with E-state index < -0.39 is 5.97 Å². The molecule has 3 aromatic rings. The molecule has 0 atom stereocenters. The molecule has 0 spiro atoms. The van der Waals surface area contributed by atoms with Crippen molar-refractivity contribution in [2.24, 2.45) is 5.92 Å². The summed E-state index contributed by atoms with van der Waals surface area (Å²) in [6, 6.07) is 17.8. The molecule has 5 nitrogen and oxygen atoms in total. The van der Waals surface area contributed by atoms with E-state index in [2.05, 4.69) is 0 Å². The van der Waals surface area contributed by atoms with Crippen LogP contribution in [0, 0.1) is 12.8 Å². The standard InChI is InChI=1S/C25H22O5/c1-15-22(11-10-21(23(15)26)24(27)17-8-9-17)30-14-16-4-2-5-18(12-16)19-6-3-7-20(13-19)25(28)29/h2-7,10-13,17,26H,8-9,14H2,1H3,(H,28,29). The Morgan fingerprint density at radius 2 is 1.70 bits per heavy atom. The molecule has 1 aliphatic rings. The number of hydrogen-bond donors (Lipinski definition) is 2. The van der Waals surface area contributed by atoms with Gasteiger partial charge >= 0.3 is 5.97 Å². The predicted molar refractivity (Wildman–Crippen MR) is 113 cm³/mol. The Bertz CT molecular complexity index is 1130. The fourth-order valence-corrected chi connectivity index (χ4v) is 3.44. The van der Waals surface area contributed by atoms with Gasteiger partial charge in [0.1, 0.15) is 18.1 Å². The topological polar surface area (TPSA) is 83.8 Å². The van der Waals surface area contributed by atoms with E-state index in [1.54, 1.807) is 37.3 Å². The van der Waals surface area contributed by atoms with Crippen LogP contribution in [0.4, 0.5) is 0 Å². The number of rotatable bonds is 7. The van der Waals surface area contributed by atoms with Crippen LogP contribution in [0.3, 0.4) is 0 Å². The number of carboxylic acid groups (broad SMARTS) is 1. The summed E-state index contributed by atoms with van der Waals surface area (Å²) in [5.74, 6) is -0.403. The normalized spacial score (nSPS) is 13.1. The maximum Gasteiger partial charge on any atom is 0.335 e. The van der Waals surface area contributed by atoms with Gasteiger partial charge in [-0.05, 0) is 66.8 Å². The molecule has 2 N–H and O–H groups in total. The zero-order chi connectivity index (χ0) is 21.3. The number of aromatic carboxylic acids is 1. The second kappa shape index (κ2) is 8.03. The molecule has 1 saturated carbocycles. The Morgan fingerprint density at radius 1 is 1.00 bits per heavy atom. The van der Waals surface area contributed by atoms with Gasteiger partial charge in [0.15, 0.2) is 5.78 Å². The van der Waals surface area contributed by atoms with Crippen molar-refractivity contribution in [1.29, 1.82) is 0 Å². The van der Waals surface area contributed by atoms with Gasteiger partial charge in [0.25, 0.3) is 0 Å². The molecule has 0 aromatic heterocycles. The van der Waals surface area contributed by atoms with E-state index in [4.69, 9.17) is 4.74 Å². The first kappa shape index (κ1) is 19.7. The highest BCUT2D eigenvalue weighted by molar-refractivity contribution is 6.02. The lowest BCUT2D eigenvalue weighted by atomic mass is 10.0. The quantitative estimate of drug-likeness (QED) is 0.528. The maximum absolute atomic E-state index is 12.3. The van der Waals surface area contributed by atoms with Crippen LogP contribution >= 0.6 is 0 Å². The lowest BCUT2D eigenvalue weighted by Gasteiger charge is -2.13. The molecule has 0 amide bonds. The maximum atomic E-state index is 12.3. The van der Waals surface area contributed by atoms with E-state index >= 15 is 0 Å². The summed E-state index contributed by atoms with van der Waals surface area (Å²) in [4.78, 5) is 23.5. The lowest BCUT2D eigenvalue weighted by molar-refractivity contribution is 0.0696. The monoisotopic (exact) mass is 402 g/mol. The molecule has 1 aliphatic carbocycles. The summed E-state index contributed by atoms with van der Waals surface area (Å²) in [5.41, 5.74) is 3.76. The fraction of sp³-hybridized carbons (Fsp3) is 0.200. The second-order valence-corrected chi connectivity index (χ2v) is 7.60. The Balaban J connectivity index is 1.51. The molecule has 0 heterocycles. The molecule has 30 heavy (non-hydrogen) atoms. The highest BCUT2D eigenvalue weighted by Gasteiger charge is 2.32. The summed E-state index contributed by atoms with van der Waals surface area (Å²) in [6.45, 7) is 2.02. The van der Waals surface area contributed by atoms with Crippen LogP contribution in [0.15, 0.2) is 60.7 Å². The van der Waals surface area contributed by atoms with Gasteiger partial charge in [0.2, 0.25) is 0 Å². The van der Waals surface area contributed by atoms with Crippen LogP contribution < -0.4 is 4.74 Å². The van der Waals surface area contributed by atoms with Crippen LogP contribution in [0.2, 0.25) is 0 Å². The Hall–Kier alpha value is -3.60. The Labute approximate surface area is 174 Å². The first-order chi connectivity index (χ1) is 14.4. The van der Waals surface area contributed by atoms with Crippen molar-refractivity contribution in [2.75, 3.05) is 0 Å². The van der Waals surface area contributed by atoms with Crippen molar-refractivity contribution in [3.63, 3.8) is 0 Å². The van der Waals surface area contributed by atoms with Gasteiger partial charge in [-0.3, -0.25) is 4.79 Å². The Kier molecular flexibility index (Phi) is 5.27. The molecule has 0 saturated heterocycles. The zero-order valence-electron chi connectivity index (χ0n) is 16.6. The number of ether oxygens (including phenoxy) is 1. The number of hydrogen-bond acceptors (Lipinski definition) is 4. The smallest absolute Gasteiger partial charge is 0.335 e. The van der Waals surface area contributed by atoms with Crippen LogP contribution in [0.5, 0.6) is 11.5 Å². The number of carbonyl (C=O) groups is 2. The van der Waals surface area contributed by atoms with Gasteiger partial charge in [-0.15, -0.1) is 0 Å². The van der Waals surface area contributed by atoms with Gasteiger partial charge in [0, 0.05) is 11.5 Å². The van der Waals surface area contributed by atoms with E-state index in [1.165, 1.54) is 0 Å². The average molecular weight is 402 g/mol. The van der Waals surface area contributed by atoms with Gasteiger partial charge in [0.05, 0.1) is 11.1 Å². The predicted octanol–water partition coefficient (Wildman–Crippen LogP) is 5.24. The highest BCUT2D eigenvalue weighted by atomic mass is 16.5. The fourth-order valence-electron chi connectivity index (χ4n) is 3.44. The van der Waals surface area contributed by atoms with Crippen LogP contribution in [-0.2, 0) is 6.61 Å². The number of ketones is 1. The van der Waals surface area contributed by atoms with Crippen molar-refractivity contribution >= 4 is 11.8 Å². The minimum absolute atomic E-state index is 0.00144. The van der Waals surface area contributed by atoms with Crippen molar-refractivity contribution in [1.82, 2.24) is 0 Å². The van der Waals surface area contributed by atoms with Gasteiger partial charge in [-0.2, -0.15) is 0 Å². The molecule has 5 heteroatoms. The molecule has 0 aliphatic heterocycles. The molecule has 152 valence electrons. The third kappa shape index (κ3) is 4.06. The summed E-state index contributed by atoms with van der Waals surface area (Å²) < 4.78 is 5.90. The van der Waals surface area contributed by atoms with Gasteiger partial charge < -0.3 is 14.9 Å². The summed E-state index contributed by atoms with van der Waals surface area (Å²) in [5, 5.41) is 19.6. The number of Topliss-reactive ketones (excluding diaryl/α,β-unsaturated/α-hetero) is 1. The van der Waals surface area contributed by atoms with Gasteiger partial charge in [-0.1, -0.05) is 30.3 Å². The number of carbonyl (C=O) groups excluding carboxylic acids is 1. The third-order valence-electron chi connectivity index (χ3n) is 5.36. The zero-order valence-corrected chi connectivity index (χ0v) is 16.6. The summed E-state index contributed by atoms with van der Waals surface area (Å²) in [6.07, 6.45) is 1.78. The number of carboxylic acids is 1. The summed E-state index contributed by atoms with van der Waals surface area (Å²) >= 11 is 0. The summed E-state index contributed by atoms with van der Waals surface area (Å²) in [7, 11) is 0. The highest BCUT2D eigenvalue weighted by Crippen LogP contribution is 2.38. The number of aromatic hydroxyl groups is 1. The first-order valence-electron chi connectivity index (χ1n) is 9.86. The third-order valence-corrected chi connectivity index (χ3v) is 5.36. The molecular formula is C25H22O5. The molecule has 0 unspecified atom stereocenters. The molecule has 1 fully saturated rings. The first-order valence-corrected chi connectivity index (χ1v) is 9.86. The number of phenols is 1. The second-order valence-electron chi connectivity index (χ2n) is 7.60. The molecular weight excluding hydrogens is 380 g/mol. The lowest BCUT2D eigenvalue weighted by Crippen LogP contribution is -2.04. The SMILES string of the molecule is Cc1c(OCc2cccc(-c3cccc(C(=O)O)c3)c2)ccc(C(=O)C2CC2)c1O. The van der Waals surface area contributed by atoms with Crippen LogP contribution in [0.25, 0.3) is 11.1 Å². The minimum atomic E-state index is -0.963. The number of phenolic OH excluding ortho intramolecular Hbond substituents is 1. The average Bonchev–Trinajstić information content (AvgIpc) is 3.60. The molecule has 0 bridgehead atoms. The molecule has 0 radical (unpaired) electrons. The van der Waals surface area contributed by atoms with E-state index in [9.17, 15) is 19.8 Å². The van der Waals surface area contributed by atoms with Crippen LogP contribution in [0.1, 0.15) is 44.7 Å². The Morgan fingerprint density at radius 3 is 2.40 bits per heavy atom. The van der Waals surface area contributed by atoms with Crippen molar-refractivity contribution in [3.05, 3.63) is 82.9 Å². The van der Waals surface area contributed by atoms with Crippen molar-refractivity contribution < 1.29 is 24.5 Å². The van der Waals surface area contributed by atoms with E-state index in [0.29, 0.717) is 16.9 Å².